The molecule has 1 heterocycles. The maximum Gasteiger partial charge on any atom is 0.123 e. The molecule has 1 atom stereocenters. The first-order valence-electron chi connectivity index (χ1n) is 6.06. The third-order valence-electron chi connectivity index (χ3n) is 3.29. The van der Waals surface area contributed by atoms with E-state index in [0.717, 1.165) is 11.1 Å². The van der Waals surface area contributed by atoms with Crippen molar-refractivity contribution < 1.29 is 0 Å². The molecule has 0 radical (unpaired) electrons. The summed E-state index contributed by atoms with van der Waals surface area (Å²) in [6, 6.07) is 12.8. The Labute approximate surface area is 108 Å². The van der Waals surface area contributed by atoms with Gasteiger partial charge in [-0.05, 0) is 44.3 Å². The van der Waals surface area contributed by atoms with Gasteiger partial charge in [0, 0.05) is 17.8 Å². The normalized spacial score (nSPS) is 12.7. The first-order valence-corrected chi connectivity index (χ1v) is 6.06. The minimum absolute atomic E-state index is 0.420. The van der Waals surface area contributed by atoms with Crippen LogP contribution in [-0.2, 0) is 0 Å². The number of benzene rings is 1. The minimum Gasteiger partial charge on any atom is -0.384 e. The SMILES string of the molecule is CC(c1ccc(-c2ccc(N)nc2)cc1)N(C)C. The van der Waals surface area contributed by atoms with E-state index in [1.54, 1.807) is 6.20 Å². The van der Waals surface area contributed by atoms with E-state index in [1.807, 2.05) is 12.1 Å². The zero-order valence-electron chi connectivity index (χ0n) is 11.1. The van der Waals surface area contributed by atoms with Gasteiger partial charge in [-0.3, -0.25) is 0 Å². The molecule has 3 nitrogen and oxygen atoms in total. The summed E-state index contributed by atoms with van der Waals surface area (Å²) in [6.45, 7) is 2.19. The molecule has 1 aromatic heterocycles. The highest BCUT2D eigenvalue weighted by atomic mass is 15.1. The largest absolute Gasteiger partial charge is 0.384 e. The summed E-state index contributed by atoms with van der Waals surface area (Å²) >= 11 is 0. The highest BCUT2D eigenvalue weighted by molar-refractivity contribution is 5.63. The number of anilines is 1. The van der Waals surface area contributed by atoms with E-state index < -0.39 is 0 Å². The summed E-state index contributed by atoms with van der Waals surface area (Å²) in [4.78, 5) is 6.31. The molecule has 0 aliphatic rings. The van der Waals surface area contributed by atoms with Crippen LogP contribution in [0.15, 0.2) is 42.6 Å². The van der Waals surface area contributed by atoms with Gasteiger partial charge in [-0.2, -0.15) is 0 Å². The van der Waals surface area contributed by atoms with Gasteiger partial charge in [0.2, 0.25) is 0 Å². The molecule has 18 heavy (non-hydrogen) atoms. The van der Waals surface area contributed by atoms with Gasteiger partial charge < -0.3 is 10.6 Å². The summed E-state index contributed by atoms with van der Waals surface area (Å²) < 4.78 is 0. The van der Waals surface area contributed by atoms with Crippen LogP contribution in [0.3, 0.4) is 0 Å². The number of hydrogen-bond donors (Lipinski definition) is 1. The number of pyridine rings is 1. The van der Waals surface area contributed by atoms with E-state index >= 15 is 0 Å². The second-order valence-corrected chi connectivity index (χ2v) is 4.73. The fourth-order valence-corrected chi connectivity index (χ4v) is 1.83. The minimum atomic E-state index is 0.420. The molecule has 0 aliphatic carbocycles. The van der Waals surface area contributed by atoms with Crippen molar-refractivity contribution in [3.63, 3.8) is 0 Å². The Kier molecular flexibility index (Phi) is 3.63. The quantitative estimate of drug-likeness (QED) is 0.898. The van der Waals surface area contributed by atoms with Gasteiger partial charge in [0.05, 0.1) is 0 Å². The highest BCUT2D eigenvalue weighted by Crippen LogP contribution is 2.23. The van der Waals surface area contributed by atoms with E-state index in [2.05, 4.69) is 55.2 Å². The summed E-state index contributed by atoms with van der Waals surface area (Å²) in [5.41, 5.74) is 9.15. The Morgan fingerprint density at radius 2 is 1.61 bits per heavy atom. The van der Waals surface area contributed by atoms with Crippen molar-refractivity contribution in [1.82, 2.24) is 9.88 Å². The Hall–Kier alpha value is -1.87. The Morgan fingerprint density at radius 3 is 2.11 bits per heavy atom. The van der Waals surface area contributed by atoms with Gasteiger partial charge >= 0.3 is 0 Å². The molecule has 0 fully saturated rings. The summed E-state index contributed by atoms with van der Waals surface area (Å²) in [5, 5.41) is 0. The number of nitrogen functional groups attached to an aromatic ring is 1. The Morgan fingerprint density at radius 1 is 1.00 bits per heavy atom. The summed E-state index contributed by atoms with van der Waals surface area (Å²) in [7, 11) is 4.17. The molecular formula is C15H19N3. The van der Waals surface area contributed by atoms with Crippen LogP contribution in [-0.4, -0.2) is 24.0 Å². The molecule has 3 heteroatoms. The van der Waals surface area contributed by atoms with Gasteiger partial charge in [-0.1, -0.05) is 24.3 Å². The molecule has 0 bridgehead atoms. The molecule has 1 unspecified atom stereocenters. The zero-order valence-corrected chi connectivity index (χ0v) is 11.1. The first kappa shape index (κ1) is 12.6. The second kappa shape index (κ2) is 5.19. The zero-order chi connectivity index (χ0) is 13.1. The number of hydrogen-bond acceptors (Lipinski definition) is 3. The van der Waals surface area contributed by atoms with Gasteiger partial charge in [-0.15, -0.1) is 0 Å². The van der Waals surface area contributed by atoms with Crippen LogP contribution in [0.25, 0.3) is 11.1 Å². The molecule has 2 aromatic rings. The Balaban J connectivity index is 2.24. The molecule has 0 saturated heterocycles. The van der Waals surface area contributed by atoms with Crippen molar-refractivity contribution >= 4 is 5.82 Å². The average molecular weight is 241 g/mol. The fraction of sp³-hybridized carbons (Fsp3) is 0.267. The van der Waals surface area contributed by atoms with Crippen molar-refractivity contribution in [2.24, 2.45) is 0 Å². The van der Waals surface area contributed by atoms with Gasteiger partial charge in [0.1, 0.15) is 5.82 Å². The van der Waals surface area contributed by atoms with Crippen LogP contribution in [0, 0.1) is 0 Å². The standard InChI is InChI=1S/C15H19N3/c1-11(18(2)3)12-4-6-13(7-5-12)14-8-9-15(16)17-10-14/h4-11H,1-3H3,(H2,16,17). The summed E-state index contributed by atoms with van der Waals surface area (Å²) in [5.74, 6) is 0.552. The van der Waals surface area contributed by atoms with Crippen molar-refractivity contribution in [2.75, 3.05) is 19.8 Å². The molecule has 94 valence electrons. The number of aromatic nitrogens is 1. The van der Waals surface area contributed by atoms with Crippen LogP contribution < -0.4 is 5.73 Å². The van der Waals surface area contributed by atoms with E-state index in [9.17, 15) is 0 Å². The molecule has 0 amide bonds. The maximum absolute atomic E-state index is 5.59. The first-order chi connectivity index (χ1) is 8.58. The maximum atomic E-state index is 5.59. The molecule has 0 saturated carbocycles. The van der Waals surface area contributed by atoms with Crippen LogP contribution in [0.4, 0.5) is 5.82 Å². The molecule has 1 aromatic carbocycles. The van der Waals surface area contributed by atoms with Crippen LogP contribution in [0.1, 0.15) is 18.5 Å². The average Bonchev–Trinajstić information content (AvgIpc) is 2.39. The molecule has 2 N–H and O–H groups in total. The van der Waals surface area contributed by atoms with Crippen LogP contribution in [0.2, 0.25) is 0 Å². The lowest BCUT2D eigenvalue weighted by molar-refractivity contribution is 0.321. The van der Waals surface area contributed by atoms with E-state index in [1.165, 1.54) is 5.56 Å². The van der Waals surface area contributed by atoms with Crippen molar-refractivity contribution in [3.05, 3.63) is 48.2 Å². The van der Waals surface area contributed by atoms with Gasteiger partial charge in [-0.25, -0.2) is 4.98 Å². The number of nitrogens with two attached hydrogens (primary N) is 1. The lowest BCUT2D eigenvalue weighted by Gasteiger charge is -2.20. The Bertz CT molecular complexity index is 500. The monoisotopic (exact) mass is 241 g/mol. The molecule has 0 spiro atoms. The third kappa shape index (κ3) is 2.68. The molecule has 2 rings (SSSR count). The van der Waals surface area contributed by atoms with Crippen LogP contribution in [0.5, 0.6) is 0 Å². The molecular weight excluding hydrogens is 222 g/mol. The fourth-order valence-electron chi connectivity index (χ4n) is 1.83. The third-order valence-corrected chi connectivity index (χ3v) is 3.29. The number of nitrogens with zero attached hydrogens (tertiary/aromatic N) is 2. The predicted molar refractivity (Wildman–Crippen MR) is 76.2 cm³/mol. The van der Waals surface area contributed by atoms with E-state index in [0.29, 0.717) is 11.9 Å². The smallest absolute Gasteiger partial charge is 0.123 e. The van der Waals surface area contributed by atoms with Crippen molar-refractivity contribution in [2.45, 2.75) is 13.0 Å². The number of rotatable bonds is 3. The van der Waals surface area contributed by atoms with E-state index in [-0.39, 0.29) is 0 Å². The second-order valence-electron chi connectivity index (χ2n) is 4.73. The molecule has 0 aliphatic heterocycles. The van der Waals surface area contributed by atoms with E-state index in [4.69, 9.17) is 5.73 Å². The topological polar surface area (TPSA) is 42.1 Å². The highest BCUT2D eigenvalue weighted by Gasteiger charge is 2.07. The van der Waals surface area contributed by atoms with Crippen LogP contribution >= 0.6 is 0 Å². The van der Waals surface area contributed by atoms with Crippen molar-refractivity contribution in [1.29, 1.82) is 0 Å². The van der Waals surface area contributed by atoms with Crippen molar-refractivity contribution in [3.8, 4) is 11.1 Å². The lowest BCUT2D eigenvalue weighted by atomic mass is 10.0. The predicted octanol–water partition coefficient (Wildman–Crippen LogP) is 2.95. The van der Waals surface area contributed by atoms with Gasteiger partial charge in [0.15, 0.2) is 0 Å². The summed E-state index contributed by atoms with van der Waals surface area (Å²) in [6.07, 6.45) is 1.81. The lowest BCUT2D eigenvalue weighted by Crippen LogP contribution is -2.16. The van der Waals surface area contributed by atoms with Gasteiger partial charge in [0.25, 0.3) is 0 Å².